The van der Waals surface area contributed by atoms with Gasteiger partial charge < -0.3 is 14.7 Å². The molecule has 1 aliphatic rings. The van der Waals surface area contributed by atoms with Gasteiger partial charge >= 0.3 is 0 Å². The Labute approximate surface area is 158 Å². The summed E-state index contributed by atoms with van der Waals surface area (Å²) in [6.07, 6.45) is 1.76. The molecule has 0 aliphatic carbocycles. The minimum Gasteiger partial charge on any atom is -0.497 e. The number of carbonyl (C=O) groups excluding carboxylic acids is 1. The summed E-state index contributed by atoms with van der Waals surface area (Å²) in [5.74, 6) is 0.699. The van der Waals surface area contributed by atoms with Crippen LogP contribution in [-0.2, 0) is 0 Å². The van der Waals surface area contributed by atoms with Gasteiger partial charge in [0.25, 0.3) is 5.91 Å². The van der Waals surface area contributed by atoms with Crippen molar-refractivity contribution < 1.29 is 14.6 Å². The fourth-order valence-electron chi connectivity index (χ4n) is 3.73. The Morgan fingerprint density at radius 2 is 2.07 bits per heavy atom. The molecule has 138 valence electrons. The lowest BCUT2D eigenvalue weighted by atomic mass is 10.0. The molecule has 1 amide bonds. The van der Waals surface area contributed by atoms with Crippen molar-refractivity contribution in [2.45, 2.75) is 18.9 Å². The number of aliphatic hydroxyl groups is 1. The average molecular weight is 362 g/mol. The van der Waals surface area contributed by atoms with Crippen LogP contribution in [0.25, 0.3) is 22.2 Å². The number of fused-ring (bicyclic) bond motifs is 1. The summed E-state index contributed by atoms with van der Waals surface area (Å²) in [5.41, 5.74) is 3.03. The molecule has 0 unspecified atom stereocenters. The zero-order valence-corrected chi connectivity index (χ0v) is 15.3. The molecule has 5 heteroatoms. The number of para-hydroxylation sites is 1. The van der Waals surface area contributed by atoms with E-state index in [2.05, 4.69) is 0 Å². The second-order valence-corrected chi connectivity index (χ2v) is 6.78. The maximum absolute atomic E-state index is 13.3. The van der Waals surface area contributed by atoms with Crippen molar-refractivity contribution in [3.05, 3.63) is 60.2 Å². The number of carbonyl (C=O) groups is 1. The average Bonchev–Trinajstić information content (AvgIpc) is 3.21. The molecule has 1 aromatic heterocycles. The van der Waals surface area contributed by atoms with E-state index in [4.69, 9.17) is 9.72 Å². The van der Waals surface area contributed by atoms with E-state index in [0.717, 1.165) is 40.8 Å². The number of methoxy groups -OCH3 is 1. The molecule has 1 aliphatic heterocycles. The Hall–Kier alpha value is -2.92. The summed E-state index contributed by atoms with van der Waals surface area (Å²) in [5, 5.41) is 10.4. The van der Waals surface area contributed by atoms with Gasteiger partial charge in [-0.15, -0.1) is 0 Å². The summed E-state index contributed by atoms with van der Waals surface area (Å²) < 4.78 is 5.32. The molecule has 0 spiro atoms. The van der Waals surface area contributed by atoms with Crippen LogP contribution in [-0.4, -0.2) is 47.2 Å². The summed E-state index contributed by atoms with van der Waals surface area (Å²) in [6, 6.07) is 17.1. The van der Waals surface area contributed by atoms with E-state index in [1.165, 1.54) is 0 Å². The molecule has 0 radical (unpaired) electrons. The van der Waals surface area contributed by atoms with Crippen molar-refractivity contribution in [2.24, 2.45) is 0 Å². The van der Waals surface area contributed by atoms with E-state index in [-0.39, 0.29) is 18.6 Å². The maximum atomic E-state index is 13.3. The van der Waals surface area contributed by atoms with E-state index in [1.54, 1.807) is 12.0 Å². The van der Waals surface area contributed by atoms with Crippen molar-refractivity contribution in [1.29, 1.82) is 0 Å². The number of hydrogen-bond donors (Lipinski definition) is 1. The summed E-state index contributed by atoms with van der Waals surface area (Å²) >= 11 is 0. The molecule has 2 heterocycles. The number of amides is 1. The highest BCUT2D eigenvalue weighted by Gasteiger charge is 2.30. The molecule has 3 aromatic rings. The molecule has 2 aromatic carbocycles. The van der Waals surface area contributed by atoms with Gasteiger partial charge in [-0.05, 0) is 37.1 Å². The molecule has 0 bridgehead atoms. The molecule has 1 atom stereocenters. The van der Waals surface area contributed by atoms with E-state index >= 15 is 0 Å². The number of nitrogens with zero attached hydrogens (tertiary/aromatic N) is 2. The zero-order valence-electron chi connectivity index (χ0n) is 15.3. The predicted molar refractivity (Wildman–Crippen MR) is 105 cm³/mol. The van der Waals surface area contributed by atoms with Crippen LogP contribution in [0, 0.1) is 0 Å². The van der Waals surface area contributed by atoms with Gasteiger partial charge in [-0.3, -0.25) is 4.79 Å². The lowest BCUT2D eigenvalue weighted by molar-refractivity contribution is 0.0679. The van der Waals surface area contributed by atoms with Crippen LogP contribution in [0.4, 0.5) is 0 Å². The van der Waals surface area contributed by atoms with E-state index in [1.807, 2.05) is 54.6 Å². The first-order valence-corrected chi connectivity index (χ1v) is 9.17. The normalized spacial score (nSPS) is 16.7. The molecule has 1 N–H and O–H groups in total. The fourth-order valence-corrected chi connectivity index (χ4v) is 3.73. The van der Waals surface area contributed by atoms with Gasteiger partial charge in [0, 0.05) is 17.5 Å². The molecule has 5 nitrogen and oxygen atoms in total. The van der Waals surface area contributed by atoms with E-state index in [9.17, 15) is 9.90 Å². The largest absolute Gasteiger partial charge is 0.497 e. The van der Waals surface area contributed by atoms with Crippen LogP contribution in [0.3, 0.4) is 0 Å². The third-order valence-electron chi connectivity index (χ3n) is 5.16. The third-order valence-corrected chi connectivity index (χ3v) is 5.16. The monoisotopic (exact) mass is 362 g/mol. The fraction of sp³-hybridized carbons (Fsp3) is 0.273. The number of aromatic nitrogens is 1. The smallest absolute Gasteiger partial charge is 0.254 e. The number of benzene rings is 2. The Morgan fingerprint density at radius 3 is 2.89 bits per heavy atom. The summed E-state index contributed by atoms with van der Waals surface area (Å²) in [7, 11) is 1.63. The number of rotatable bonds is 4. The van der Waals surface area contributed by atoms with Crippen molar-refractivity contribution in [3.63, 3.8) is 0 Å². The Bertz CT molecular complexity index is 986. The summed E-state index contributed by atoms with van der Waals surface area (Å²) in [6.45, 7) is 0.673. The van der Waals surface area contributed by atoms with Gasteiger partial charge in [-0.1, -0.05) is 30.3 Å². The van der Waals surface area contributed by atoms with Crippen LogP contribution >= 0.6 is 0 Å². The van der Waals surface area contributed by atoms with Gasteiger partial charge in [0.2, 0.25) is 0 Å². The highest BCUT2D eigenvalue weighted by atomic mass is 16.5. The molecule has 0 saturated carbocycles. The first kappa shape index (κ1) is 17.5. The second-order valence-electron chi connectivity index (χ2n) is 6.78. The standard InChI is InChI=1S/C22H22N2O3/c1-27-17-8-4-6-15(12-17)21-13-19(18-9-2-3-10-20(18)23-21)22(26)24-11-5-7-16(24)14-25/h2-4,6,8-10,12-13,16,25H,5,7,11,14H2,1H3/t16-/m1/s1. The number of ether oxygens (including phenoxy) is 1. The minimum atomic E-state index is -0.107. The first-order chi connectivity index (χ1) is 13.2. The van der Waals surface area contributed by atoms with Crippen LogP contribution in [0.5, 0.6) is 5.75 Å². The third kappa shape index (κ3) is 3.26. The van der Waals surface area contributed by atoms with Crippen molar-refractivity contribution in [1.82, 2.24) is 9.88 Å². The number of aliphatic hydroxyl groups excluding tert-OH is 1. The highest BCUT2D eigenvalue weighted by Crippen LogP contribution is 2.29. The van der Waals surface area contributed by atoms with Crippen LogP contribution in [0.1, 0.15) is 23.2 Å². The maximum Gasteiger partial charge on any atom is 0.254 e. The van der Waals surface area contributed by atoms with Crippen LogP contribution in [0.15, 0.2) is 54.6 Å². The topological polar surface area (TPSA) is 62.7 Å². The Morgan fingerprint density at radius 1 is 1.22 bits per heavy atom. The molecule has 1 saturated heterocycles. The SMILES string of the molecule is COc1cccc(-c2cc(C(=O)N3CCC[C@@H]3CO)c3ccccc3n2)c1. The quantitative estimate of drug-likeness (QED) is 0.771. The lowest BCUT2D eigenvalue weighted by Gasteiger charge is -2.24. The second kappa shape index (κ2) is 7.37. The first-order valence-electron chi connectivity index (χ1n) is 9.17. The van der Waals surface area contributed by atoms with Gasteiger partial charge in [0.1, 0.15) is 5.75 Å². The van der Waals surface area contributed by atoms with Crippen molar-refractivity contribution >= 4 is 16.8 Å². The number of hydrogen-bond acceptors (Lipinski definition) is 4. The molecular formula is C22H22N2O3. The Kier molecular flexibility index (Phi) is 4.77. The molecular weight excluding hydrogens is 340 g/mol. The van der Waals surface area contributed by atoms with Gasteiger partial charge in [0.15, 0.2) is 0 Å². The van der Waals surface area contributed by atoms with Crippen molar-refractivity contribution in [3.8, 4) is 17.0 Å². The van der Waals surface area contributed by atoms with Crippen molar-refractivity contribution in [2.75, 3.05) is 20.3 Å². The minimum absolute atomic E-state index is 0.00248. The summed E-state index contributed by atoms with van der Waals surface area (Å²) in [4.78, 5) is 19.8. The number of likely N-dealkylation sites (tertiary alicyclic amines) is 1. The van der Waals surface area contributed by atoms with E-state index in [0.29, 0.717) is 12.1 Å². The Balaban J connectivity index is 1.85. The van der Waals surface area contributed by atoms with E-state index < -0.39 is 0 Å². The van der Waals surface area contributed by atoms with Gasteiger partial charge in [-0.2, -0.15) is 0 Å². The van der Waals surface area contributed by atoms with Gasteiger partial charge in [-0.25, -0.2) is 4.98 Å². The predicted octanol–water partition coefficient (Wildman–Crippen LogP) is 3.51. The van der Waals surface area contributed by atoms with Crippen LogP contribution in [0.2, 0.25) is 0 Å². The highest BCUT2D eigenvalue weighted by molar-refractivity contribution is 6.07. The molecule has 27 heavy (non-hydrogen) atoms. The lowest BCUT2D eigenvalue weighted by Crippen LogP contribution is -2.37. The zero-order chi connectivity index (χ0) is 18.8. The van der Waals surface area contributed by atoms with Crippen LogP contribution < -0.4 is 4.74 Å². The molecule has 4 rings (SSSR count). The van der Waals surface area contributed by atoms with Gasteiger partial charge in [0.05, 0.1) is 36.5 Å². The number of pyridine rings is 1. The molecule has 1 fully saturated rings.